The van der Waals surface area contributed by atoms with E-state index in [9.17, 15) is 23.8 Å². The number of carbonyl (C=O) groups excluding carboxylic acids is 2. The van der Waals surface area contributed by atoms with Crippen LogP contribution in [-0.4, -0.2) is 59.9 Å². The number of hydrogen-bond acceptors (Lipinski definition) is 9. The van der Waals surface area contributed by atoms with E-state index in [4.69, 9.17) is 24.8 Å². The molecule has 0 bridgehead atoms. The molecule has 0 radical (unpaired) electrons. The van der Waals surface area contributed by atoms with Crippen molar-refractivity contribution >= 4 is 25.7 Å². The summed E-state index contributed by atoms with van der Waals surface area (Å²) in [6, 6.07) is -1.53. The summed E-state index contributed by atoms with van der Waals surface area (Å²) >= 11 is 0. The highest BCUT2D eigenvalue weighted by Crippen LogP contribution is 2.43. The van der Waals surface area contributed by atoms with Crippen molar-refractivity contribution in [2.75, 3.05) is 19.8 Å². The predicted octanol–water partition coefficient (Wildman–Crippen LogP) is 9.83. The monoisotopic (exact) mass is 755 g/mol. The molecule has 0 aliphatic carbocycles. The van der Waals surface area contributed by atoms with E-state index in [0.29, 0.717) is 12.8 Å². The largest absolute Gasteiger partial charge is 0.480 e. The number of esters is 2. The fraction of sp³-hybridized carbons (Fsp3) is 0.725. The predicted molar refractivity (Wildman–Crippen MR) is 208 cm³/mol. The van der Waals surface area contributed by atoms with Crippen molar-refractivity contribution in [1.82, 2.24) is 0 Å². The molecule has 4 N–H and O–H groups in total. The summed E-state index contributed by atoms with van der Waals surface area (Å²) in [6.07, 6.45) is 37.5. The third kappa shape index (κ3) is 34.5. The van der Waals surface area contributed by atoms with E-state index in [1.165, 1.54) is 25.7 Å². The fourth-order valence-electron chi connectivity index (χ4n) is 4.95. The van der Waals surface area contributed by atoms with Crippen LogP contribution in [0.1, 0.15) is 155 Å². The zero-order valence-electron chi connectivity index (χ0n) is 32.1. The van der Waals surface area contributed by atoms with E-state index in [1.807, 2.05) is 0 Å². The molecule has 300 valence electrons. The Bertz CT molecular complexity index is 1070. The summed E-state index contributed by atoms with van der Waals surface area (Å²) in [5.74, 6) is -2.42. The van der Waals surface area contributed by atoms with Crippen LogP contribution in [0.25, 0.3) is 0 Å². The molecule has 11 nitrogen and oxygen atoms in total. The molecule has 0 saturated carbocycles. The van der Waals surface area contributed by atoms with Crippen molar-refractivity contribution in [3.05, 3.63) is 48.6 Å². The van der Waals surface area contributed by atoms with Crippen molar-refractivity contribution in [3.63, 3.8) is 0 Å². The Labute approximate surface area is 314 Å². The molecule has 0 aromatic heterocycles. The number of carboxylic acids is 1. The van der Waals surface area contributed by atoms with E-state index < -0.39 is 51.1 Å². The number of unbranched alkanes of at least 4 members (excludes halogenated alkanes) is 14. The number of ether oxygens (including phenoxy) is 2. The van der Waals surface area contributed by atoms with Gasteiger partial charge in [-0.25, -0.2) is 4.57 Å². The minimum atomic E-state index is -4.72. The highest BCUT2D eigenvalue weighted by molar-refractivity contribution is 7.47. The lowest BCUT2D eigenvalue weighted by Gasteiger charge is -2.20. The van der Waals surface area contributed by atoms with Gasteiger partial charge in [0.15, 0.2) is 6.10 Å². The minimum Gasteiger partial charge on any atom is -0.480 e. The Morgan fingerprint density at radius 3 is 1.63 bits per heavy atom. The lowest BCUT2D eigenvalue weighted by atomic mass is 10.1. The average Bonchev–Trinajstić information content (AvgIpc) is 3.12. The van der Waals surface area contributed by atoms with Gasteiger partial charge in [-0.2, -0.15) is 0 Å². The molecular weight excluding hydrogens is 685 g/mol. The van der Waals surface area contributed by atoms with E-state index in [1.54, 1.807) is 0 Å². The summed E-state index contributed by atoms with van der Waals surface area (Å²) in [5, 5.41) is 8.86. The Hall–Kier alpha value is -2.56. The molecule has 0 amide bonds. The second-order valence-corrected chi connectivity index (χ2v) is 14.5. The molecule has 0 fully saturated rings. The van der Waals surface area contributed by atoms with Gasteiger partial charge in [-0.3, -0.25) is 23.4 Å². The summed E-state index contributed by atoms with van der Waals surface area (Å²) in [5.41, 5.74) is 5.32. The van der Waals surface area contributed by atoms with Crippen LogP contribution in [0.5, 0.6) is 0 Å². The average molecular weight is 756 g/mol. The number of carbonyl (C=O) groups is 3. The van der Waals surface area contributed by atoms with Gasteiger partial charge in [-0.15, -0.1) is 0 Å². The Morgan fingerprint density at radius 1 is 0.615 bits per heavy atom. The summed E-state index contributed by atoms with van der Waals surface area (Å²) in [6.45, 7) is 2.62. The molecule has 0 heterocycles. The standard InChI is InChI=1S/C40H70NO10P/c1-3-5-7-9-11-13-15-17-18-20-22-24-26-28-30-32-39(43)51-36(34-49-52(46,47)50-35-37(41)40(44)45)33-48-38(42)31-29-27-25-23-21-19-16-14-12-10-8-6-4-2/h5,7,11,13-14,16-18,36-37H,3-4,6,8-10,12,15,19-35,41H2,1-2H3,(H,44,45)(H,46,47). The first-order valence-corrected chi connectivity index (χ1v) is 21.2. The highest BCUT2D eigenvalue weighted by Gasteiger charge is 2.28. The molecular formula is C40H70NO10P. The second kappa shape index (κ2) is 35.5. The van der Waals surface area contributed by atoms with Gasteiger partial charge < -0.3 is 25.2 Å². The smallest absolute Gasteiger partial charge is 0.472 e. The van der Waals surface area contributed by atoms with Crippen molar-refractivity contribution in [3.8, 4) is 0 Å². The van der Waals surface area contributed by atoms with Gasteiger partial charge in [-0.05, 0) is 70.6 Å². The number of nitrogens with two attached hydrogens (primary N) is 1. The van der Waals surface area contributed by atoms with E-state index in [-0.39, 0.29) is 19.4 Å². The first kappa shape index (κ1) is 49.4. The lowest BCUT2D eigenvalue weighted by Crippen LogP contribution is -2.34. The fourth-order valence-corrected chi connectivity index (χ4v) is 5.73. The number of aliphatic carboxylic acids is 1. The molecule has 0 aromatic rings. The molecule has 0 aromatic carbocycles. The number of carboxylic acid groups (broad SMARTS) is 1. The van der Waals surface area contributed by atoms with Gasteiger partial charge in [0, 0.05) is 12.8 Å². The maximum Gasteiger partial charge on any atom is 0.472 e. The molecule has 0 saturated heterocycles. The van der Waals surface area contributed by atoms with Gasteiger partial charge >= 0.3 is 25.7 Å². The highest BCUT2D eigenvalue weighted by atomic mass is 31.2. The topological polar surface area (TPSA) is 172 Å². The van der Waals surface area contributed by atoms with Crippen LogP contribution < -0.4 is 5.73 Å². The molecule has 0 aliphatic rings. The van der Waals surface area contributed by atoms with Crippen LogP contribution in [0.3, 0.4) is 0 Å². The zero-order chi connectivity index (χ0) is 38.5. The first-order valence-electron chi connectivity index (χ1n) is 19.7. The van der Waals surface area contributed by atoms with Crippen LogP contribution in [0.15, 0.2) is 48.6 Å². The van der Waals surface area contributed by atoms with Crippen LogP contribution in [0, 0.1) is 0 Å². The molecule has 52 heavy (non-hydrogen) atoms. The molecule has 3 unspecified atom stereocenters. The Morgan fingerprint density at radius 2 is 1.08 bits per heavy atom. The number of phosphoric ester groups is 1. The summed E-state index contributed by atoms with van der Waals surface area (Å²) in [7, 11) is -4.72. The second-order valence-electron chi connectivity index (χ2n) is 13.0. The van der Waals surface area contributed by atoms with Gasteiger partial charge in [0.25, 0.3) is 0 Å². The van der Waals surface area contributed by atoms with Crippen LogP contribution in [0.2, 0.25) is 0 Å². The maximum atomic E-state index is 12.6. The van der Waals surface area contributed by atoms with Crippen molar-refractivity contribution in [2.24, 2.45) is 5.73 Å². The number of phosphoric acid groups is 1. The molecule has 0 aliphatic heterocycles. The van der Waals surface area contributed by atoms with Gasteiger partial charge in [0.1, 0.15) is 12.6 Å². The Balaban J connectivity index is 4.48. The summed E-state index contributed by atoms with van der Waals surface area (Å²) in [4.78, 5) is 45.8. The Kier molecular flexibility index (Phi) is 33.7. The molecule has 0 rings (SSSR count). The summed E-state index contributed by atoms with van der Waals surface area (Å²) < 4.78 is 32.6. The lowest BCUT2D eigenvalue weighted by molar-refractivity contribution is -0.161. The molecule has 12 heteroatoms. The molecule has 0 spiro atoms. The minimum absolute atomic E-state index is 0.139. The third-order valence-electron chi connectivity index (χ3n) is 8.06. The number of rotatable bonds is 36. The maximum absolute atomic E-state index is 12.6. The van der Waals surface area contributed by atoms with E-state index >= 15 is 0 Å². The van der Waals surface area contributed by atoms with Crippen LogP contribution in [0.4, 0.5) is 0 Å². The van der Waals surface area contributed by atoms with Crippen molar-refractivity contribution in [2.45, 2.75) is 167 Å². The number of hydrogen-bond donors (Lipinski definition) is 3. The van der Waals surface area contributed by atoms with Crippen molar-refractivity contribution in [1.29, 1.82) is 0 Å². The van der Waals surface area contributed by atoms with Crippen LogP contribution >= 0.6 is 7.82 Å². The van der Waals surface area contributed by atoms with E-state index in [0.717, 1.165) is 89.9 Å². The zero-order valence-corrected chi connectivity index (χ0v) is 33.0. The molecule has 3 atom stereocenters. The van der Waals surface area contributed by atoms with Gasteiger partial charge in [0.2, 0.25) is 0 Å². The van der Waals surface area contributed by atoms with E-state index in [2.05, 4.69) is 67.0 Å². The quantitative estimate of drug-likeness (QED) is 0.0241. The van der Waals surface area contributed by atoms with Gasteiger partial charge in [-0.1, -0.05) is 120 Å². The third-order valence-corrected chi connectivity index (χ3v) is 9.01. The SMILES string of the molecule is CCC=CCC=CCC=CCCCCCCCC(=O)OC(COC(=O)CCCCCCCC=CCCCCCC)COP(=O)(O)OCC(N)C(=O)O. The number of allylic oxidation sites excluding steroid dienone is 8. The van der Waals surface area contributed by atoms with Crippen molar-refractivity contribution < 1.29 is 47.5 Å². The van der Waals surface area contributed by atoms with Crippen LogP contribution in [-0.2, 0) is 37.5 Å². The first-order chi connectivity index (χ1) is 25.1. The van der Waals surface area contributed by atoms with Gasteiger partial charge in [0.05, 0.1) is 13.2 Å². The normalized spacial score (nSPS) is 14.4.